The highest BCUT2D eigenvalue weighted by Crippen LogP contribution is 2.33. The molecule has 0 fully saturated rings. The number of hydrogen-bond acceptors (Lipinski definition) is 4. The van der Waals surface area contributed by atoms with Crippen LogP contribution in [0, 0.1) is 0 Å². The molecule has 1 unspecified atom stereocenters. The lowest BCUT2D eigenvalue weighted by atomic mass is 9.86. The molecule has 3 N–H and O–H groups in total. The van der Waals surface area contributed by atoms with Gasteiger partial charge in [0.25, 0.3) is 0 Å². The third-order valence-electron chi connectivity index (χ3n) is 4.82. The van der Waals surface area contributed by atoms with Crippen LogP contribution in [0.15, 0.2) is 48.5 Å². The van der Waals surface area contributed by atoms with Crippen LogP contribution < -0.4 is 10.6 Å². The number of methoxy groups -OCH3 is 1. The lowest BCUT2D eigenvalue weighted by Crippen LogP contribution is -2.50. The van der Waals surface area contributed by atoms with E-state index in [9.17, 15) is 9.59 Å². The maximum atomic E-state index is 12.3. The number of hydrogen-bond donors (Lipinski definition) is 3. The molecular weight excluding hydrogens is 360 g/mol. The fourth-order valence-corrected chi connectivity index (χ4v) is 3.40. The Kier molecular flexibility index (Phi) is 6.28. The molecule has 1 heterocycles. The van der Waals surface area contributed by atoms with Gasteiger partial charge in [-0.15, -0.1) is 0 Å². The molecule has 0 radical (unpaired) electrons. The third-order valence-corrected chi connectivity index (χ3v) is 4.82. The Bertz CT molecular complexity index is 837. The third kappa shape index (κ3) is 4.49. The van der Waals surface area contributed by atoms with Crippen LogP contribution in [0.1, 0.15) is 27.0 Å². The van der Waals surface area contributed by atoms with Crippen LogP contribution in [0.2, 0.25) is 0 Å². The summed E-state index contributed by atoms with van der Waals surface area (Å²) in [6, 6.07) is 14.1. The minimum Gasteiger partial charge on any atom is -0.478 e. The van der Waals surface area contributed by atoms with E-state index in [0.29, 0.717) is 19.8 Å². The molecule has 1 aliphatic rings. The average Bonchev–Trinajstić information content (AvgIpc) is 2.71. The lowest BCUT2D eigenvalue weighted by molar-refractivity contribution is -0.0994. The summed E-state index contributed by atoms with van der Waals surface area (Å²) < 4.78 is 11.4. The molecule has 0 saturated heterocycles. The normalized spacial score (nSPS) is 18.2. The smallest absolute Gasteiger partial charge is 0.335 e. The van der Waals surface area contributed by atoms with Crippen LogP contribution in [0.3, 0.4) is 0 Å². The second-order valence-corrected chi connectivity index (χ2v) is 6.72. The van der Waals surface area contributed by atoms with Crippen LogP contribution in [-0.2, 0) is 28.0 Å². The molecule has 148 valence electrons. The van der Waals surface area contributed by atoms with Crippen LogP contribution in [0.25, 0.3) is 0 Å². The standard InChI is InChI=1S/C21H24N2O5/c1-27-14-21(18-5-3-2-4-16(18)10-11-28-21)13-23-20(26)22-12-15-6-8-17(9-7-15)19(24)25/h2-9H,10-14H2,1H3,(H,24,25)(H2,22,23,26). The summed E-state index contributed by atoms with van der Waals surface area (Å²) >= 11 is 0. The van der Waals surface area contributed by atoms with Gasteiger partial charge in [0.2, 0.25) is 0 Å². The summed E-state index contributed by atoms with van der Waals surface area (Å²) in [5.74, 6) is -0.978. The first-order valence-corrected chi connectivity index (χ1v) is 9.09. The monoisotopic (exact) mass is 384 g/mol. The van der Waals surface area contributed by atoms with E-state index >= 15 is 0 Å². The first-order chi connectivity index (χ1) is 13.5. The molecule has 0 bridgehead atoms. The number of urea groups is 1. The molecule has 7 nitrogen and oxygen atoms in total. The Hall–Kier alpha value is -2.90. The van der Waals surface area contributed by atoms with E-state index in [0.717, 1.165) is 17.5 Å². The SMILES string of the molecule is COCC1(CNC(=O)NCc2ccc(C(=O)O)cc2)OCCc2ccccc21. The molecule has 2 amide bonds. The van der Waals surface area contributed by atoms with Gasteiger partial charge in [0.1, 0.15) is 5.60 Å². The number of carbonyl (C=O) groups excluding carboxylic acids is 1. The van der Waals surface area contributed by atoms with E-state index < -0.39 is 11.6 Å². The highest BCUT2D eigenvalue weighted by Gasteiger charge is 2.38. The van der Waals surface area contributed by atoms with Crippen molar-refractivity contribution in [1.29, 1.82) is 0 Å². The maximum Gasteiger partial charge on any atom is 0.335 e. The maximum absolute atomic E-state index is 12.3. The molecule has 7 heteroatoms. The number of ether oxygens (including phenoxy) is 2. The van der Waals surface area contributed by atoms with Crippen molar-refractivity contribution in [3.63, 3.8) is 0 Å². The highest BCUT2D eigenvalue weighted by molar-refractivity contribution is 5.87. The zero-order chi connectivity index (χ0) is 20.0. The number of rotatable bonds is 7. The molecule has 1 aliphatic heterocycles. The zero-order valence-corrected chi connectivity index (χ0v) is 15.7. The number of carboxylic acid groups (broad SMARTS) is 1. The van der Waals surface area contributed by atoms with E-state index in [-0.39, 0.29) is 18.1 Å². The minimum atomic E-state index is -0.978. The fourth-order valence-electron chi connectivity index (χ4n) is 3.40. The van der Waals surface area contributed by atoms with Crippen molar-refractivity contribution in [3.05, 3.63) is 70.8 Å². The molecule has 28 heavy (non-hydrogen) atoms. The number of nitrogens with one attached hydrogen (secondary N) is 2. The van der Waals surface area contributed by atoms with Gasteiger partial charge in [0.05, 0.1) is 25.3 Å². The molecule has 0 saturated carbocycles. The van der Waals surface area contributed by atoms with Crippen molar-refractivity contribution in [1.82, 2.24) is 10.6 Å². The van der Waals surface area contributed by atoms with Gasteiger partial charge in [0, 0.05) is 13.7 Å². The van der Waals surface area contributed by atoms with Gasteiger partial charge in [-0.3, -0.25) is 0 Å². The van der Waals surface area contributed by atoms with Gasteiger partial charge in [-0.05, 0) is 35.2 Å². The van der Waals surface area contributed by atoms with Crippen LogP contribution in [0.4, 0.5) is 4.79 Å². The van der Waals surface area contributed by atoms with Gasteiger partial charge in [-0.2, -0.15) is 0 Å². The van der Waals surface area contributed by atoms with E-state index in [2.05, 4.69) is 16.7 Å². The Labute approximate surface area is 163 Å². The van der Waals surface area contributed by atoms with Crippen LogP contribution in [0.5, 0.6) is 0 Å². The number of aromatic carboxylic acids is 1. The second-order valence-electron chi connectivity index (χ2n) is 6.72. The van der Waals surface area contributed by atoms with Crippen LogP contribution in [-0.4, -0.2) is 44.0 Å². The molecule has 0 aliphatic carbocycles. The number of carbonyl (C=O) groups is 2. The number of amides is 2. The van der Waals surface area contributed by atoms with E-state index in [1.54, 1.807) is 19.2 Å². The number of benzene rings is 2. The van der Waals surface area contributed by atoms with Gasteiger partial charge < -0.3 is 25.2 Å². The van der Waals surface area contributed by atoms with E-state index in [1.165, 1.54) is 17.7 Å². The zero-order valence-electron chi connectivity index (χ0n) is 15.7. The lowest BCUT2D eigenvalue weighted by Gasteiger charge is -2.38. The molecule has 1 atom stereocenters. The molecule has 0 aromatic heterocycles. The molecule has 2 aromatic rings. The minimum absolute atomic E-state index is 0.211. The Morgan fingerprint density at radius 2 is 1.89 bits per heavy atom. The van der Waals surface area contributed by atoms with Crippen molar-refractivity contribution < 1.29 is 24.2 Å². The Balaban J connectivity index is 1.60. The molecular formula is C21H24N2O5. The summed E-state index contributed by atoms with van der Waals surface area (Å²) in [5.41, 5.74) is 2.54. The van der Waals surface area contributed by atoms with Crippen molar-refractivity contribution in [2.24, 2.45) is 0 Å². The molecule has 0 spiro atoms. The highest BCUT2D eigenvalue weighted by atomic mass is 16.5. The van der Waals surface area contributed by atoms with Crippen molar-refractivity contribution in [3.8, 4) is 0 Å². The van der Waals surface area contributed by atoms with E-state index in [1.807, 2.05) is 18.2 Å². The summed E-state index contributed by atoms with van der Waals surface area (Å²) in [6.07, 6.45) is 0.834. The predicted molar refractivity (Wildman–Crippen MR) is 103 cm³/mol. The fraction of sp³-hybridized carbons (Fsp3) is 0.333. The van der Waals surface area contributed by atoms with Crippen molar-refractivity contribution >= 4 is 12.0 Å². The summed E-state index contributed by atoms with van der Waals surface area (Å²) in [4.78, 5) is 23.2. The summed E-state index contributed by atoms with van der Waals surface area (Å²) in [6.45, 7) is 1.47. The van der Waals surface area contributed by atoms with E-state index in [4.69, 9.17) is 14.6 Å². The second kappa shape index (κ2) is 8.86. The Morgan fingerprint density at radius 1 is 1.14 bits per heavy atom. The quantitative estimate of drug-likeness (QED) is 0.681. The first-order valence-electron chi connectivity index (χ1n) is 9.09. The largest absolute Gasteiger partial charge is 0.478 e. The average molecular weight is 384 g/mol. The van der Waals surface area contributed by atoms with Crippen molar-refractivity contribution in [2.75, 3.05) is 26.9 Å². The van der Waals surface area contributed by atoms with Gasteiger partial charge in [-0.25, -0.2) is 9.59 Å². The Morgan fingerprint density at radius 3 is 2.61 bits per heavy atom. The van der Waals surface area contributed by atoms with Gasteiger partial charge in [-0.1, -0.05) is 36.4 Å². The van der Waals surface area contributed by atoms with Gasteiger partial charge >= 0.3 is 12.0 Å². The first kappa shape index (κ1) is 19.9. The topological polar surface area (TPSA) is 96.9 Å². The van der Waals surface area contributed by atoms with Crippen molar-refractivity contribution in [2.45, 2.75) is 18.6 Å². The predicted octanol–water partition coefficient (Wildman–Crippen LogP) is 2.30. The van der Waals surface area contributed by atoms with Crippen LogP contribution >= 0.6 is 0 Å². The number of carboxylic acids is 1. The summed E-state index contributed by atoms with van der Waals surface area (Å²) in [5, 5.41) is 14.6. The number of fused-ring (bicyclic) bond motifs is 1. The molecule has 2 aromatic carbocycles. The molecule has 3 rings (SSSR count). The summed E-state index contributed by atoms with van der Waals surface area (Å²) in [7, 11) is 1.61. The van der Waals surface area contributed by atoms with Gasteiger partial charge in [0.15, 0.2) is 0 Å².